The number of hydrogen-bond acceptors (Lipinski definition) is 1. The highest BCUT2D eigenvalue weighted by Gasteiger charge is 2.38. The molecule has 2 nitrogen and oxygen atoms in total. The number of carbonyl (C=O) groups excluding carboxylic acids is 1. The van der Waals surface area contributed by atoms with Gasteiger partial charge in [-0.25, -0.2) is 4.39 Å². The second-order valence-electron chi connectivity index (χ2n) is 5.52. The molecule has 2 atom stereocenters. The van der Waals surface area contributed by atoms with Crippen molar-refractivity contribution in [2.45, 2.75) is 38.1 Å². The van der Waals surface area contributed by atoms with Gasteiger partial charge in [0.25, 0.3) is 5.91 Å². The number of amides is 1. The molecule has 4 heteroatoms. The van der Waals surface area contributed by atoms with E-state index in [1.54, 1.807) is 12.1 Å². The summed E-state index contributed by atoms with van der Waals surface area (Å²) in [6.07, 6.45) is 5.83. The second-order valence-corrected chi connectivity index (χ2v) is 6.44. The van der Waals surface area contributed by atoms with Gasteiger partial charge < -0.3 is 4.90 Å². The van der Waals surface area contributed by atoms with E-state index < -0.39 is 5.82 Å². The average Bonchev–Trinajstić information content (AvgIpc) is 2.84. The van der Waals surface area contributed by atoms with Crippen LogP contribution in [0.4, 0.5) is 4.39 Å². The van der Waals surface area contributed by atoms with E-state index in [0.29, 0.717) is 12.0 Å². The summed E-state index contributed by atoms with van der Waals surface area (Å²) < 4.78 is 14.6. The number of benzene rings is 1. The lowest BCUT2D eigenvalue weighted by Crippen LogP contribution is -2.39. The number of rotatable bonds is 1. The Hall–Kier alpha value is -0.900. The Kier molecular flexibility index (Phi) is 3.61. The van der Waals surface area contributed by atoms with Crippen molar-refractivity contribution in [3.8, 4) is 0 Å². The van der Waals surface area contributed by atoms with Crippen molar-refractivity contribution in [2.24, 2.45) is 5.92 Å². The molecule has 0 aromatic heterocycles. The predicted octanol–water partition coefficient (Wildman–Crippen LogP) is 3.99. The molecule has 0 radical (unpaired) electrons. The first-order chi connectivity index (χ1) is 9.16. The van der Waals surface area contributed by atoms with Crippen LogP contribution in [0.2, 0.25) is 0 Å². The van der Waals surface area contributed by atoms with Crippen LogP contribution < -0.4 is 0 Å². The van der Waals surface area contributed by atoms with E-state index in [4.69, 9.17) is 0 Å². The third-order valence-electron chi connectivity index (χ3n) is 4.43. The van der Waals surface area contributed by atoms with Crippen LogP contribution in [0.1, 0.15) is 42.5 Å². The van der Waals surface area contributed by atoms with E-state index in [1.165, 1.54) is 25.3 Å². The molecule has 1 saturated heterocycles. The zero-order valence-corrected chi connectivity index (χ0v) is 12.3. The summed E-state index contributed by atoms with van der Waals surface area (Å²) in [5, 5.41) is 0. The molecular formula is C15H17BrFNO. The zero-order chi connectivity index (χ0) is 13.4. The largest absolute Gasteiger partial charge is 0.335 e. The van der Waals surface area contributed by atoms with Gasteiger partial charge in [0.1, 0.15) is 5.82 Å². The van der Waals surface area contributed by atoms with E-state index in [9.17, 15) is 9.18 Å². The first-order valence-electron chi connectivity index (χ1n) is 6.93. The fourth-order valence-corrected chi connectivity index (χ4v) is 3.84. The third-order valence-corrected chi connectivity index (χ3v) is 4.92. The Morgan fingerprint density at radius 3 is 2.89 bits per heavy atom. The van der Waals surface area contributed by atoms with Crippen molar-refractivity contribution in [3.05, 3.63) is 34.1 Å². The Labute approximate surface area is 121 Å². The molecule has 2 aliphatic rings. The summed E-state index contributed by atoms with van der Waals surface area (Å²) in [5.41, 5.74) is 0.195. The van der Waals surface area contributed by atoms with Crippen LogP contribution in [0.15, 0.2) is 22.7 Å². The molecule has 102 valence electrons. The van der Waals surface area contributed by atoms with Gasteiger partial charge in [-0.05, 0) is 43.4 Å². The lowest BCUT2D eigenvalue weighted by atomic mass is 9.85. The number of hydrogen-bond donors (Lipinski definition) is 0. The van der Waals surface area contributed by atoms with Crippen LogP contribution in [0, 0.1) is 11.7 Å². The van der Waals surface area contributed by atoms with Crippen molar-refractivity contribution in [1.82, 2.24) is 4.90 Å². The SMILES string of the molecule is O=C(c1cc(Br)ccc1F)N1CCC2CCCCC21. The lowest BCUT2D eigenvalue weighted by Gasteiger charge is -2.31. The molecule has 2 unspecified atom stereocenters. The van der Waals surface area contributed by atoms with Crippen LogP contribution in [0.5, 0.6) is 0 Å². The van der Waals surface area contributed by atoms with Gasteiger partial charge in [-0.1, -0.05) is 28.8 Å². The summed E-state index contributed by atoms with van der Waals surface area (Å²) in [7, 11) is 0. The van der Waals surface area contributed by atoms with Crippen LogP contribution in [0.3, 0.4) is 0 Å². The highest BCUT2D eigenvalue weighted by Crippen LogP contribution is 2.37. The second kappa shape index (κ2) is 5.23. The minimum absolute atomic E-state index is 0.145. The topological polar surface area (TPSA) is 20.3 Å². The molecule has 0 N–H and O–H groups in total. The van der Waals surface area contributed by atoms with Gasteiger partial charge in [0.2, 0.25) is 0 Å². The summed E-state index contributed by atoms with van der Waals surface area (Å²) in [5.74, 6) is 0.0635. The van der Waals surface area contributed by atoms with Crippen molar-refractivity contribution < 1.29 is 9.18 Å². The van der Waals surface area contributed by atoms with Gasteiger partial charge in [-0.3, -0.25) is 4.79 Å². The van der Waals surface area contributed by atoms with Crippen LogP contribution in [0.25, 0.3) is 0 Å². The summed E-state index contributed by atoms with van der Waals surface area (Å²) in [6, 6.07) is 4.90. The Morgan fingerprint density at radius 1 is 1.26 bits per heavy atom. The van der Waals surface area contributed by atoms with Gasteiger partial charge in [0.05, 0.1) is 5.56 Å². The molecule has 0 bridgehead atoms. The third kappa shape index (κ3) is 2.42. The lowest BCUT2D eigenvalue weighted by molar-refractivity contribution is 0.0685. The number of nitrogens with zero attached hydrogens (tertiary/aromatic N) is 1. The number of carbonyl (C=O) groups is 1. The maximum absolute atomic E-state index is 13.8. The Balaban J connectivity index is 1.85. The predicted molar refractivity (Wildman–Crippen MR) is 75.5 cm³/mol. The molecule has 1 aromatic rings. The molecule has 3 rings (SSSR count). The molecule has 1 heterocycles. The molecule has 19 heavy (non-hydrogen) atoms. The average molecular weight is 326 g/mol. The summed E-state index contributed by atoms with van der Waals surface area (Å²) in [6.45, 7) is 0.778. The van der Waals surface area contributed by atoms with Gasteiger partial charge in [-0.15, -0.1) is 0 Å². The molecule has 1 saturated carbocycles. The fourth-order valence-electron chi connectivity index (χ4n) is 3.47. The van der Waals surface area contributed by atoms with E-state index in [1.807, 2.05) is 4.90 Å². The van der Waals surface area contributed by atoms with Crippen molar-refractivity contribution >= 4 is 21.8 Å². The molecule has 1 aromatic carbocycles. The van der Waals surface area contributed by atoms with E-state index >= 15 is 0 Å². The molecular weight excluding hydrogens is 309 g/mol. The molecule has 0 spiro atoms. The van der Waals surface area contributed by atoms with Gasteiger partial charge in [0, 0.05) is 17.1 Å². The molecule has 2 fully saturated rings. The minimum Gasteiger partial charge on any atom is -0.335 e. The maximum atomic E-state index is 13.8. The first kappa shape index (κ1) is 13.1. The maximum Gasteiger partial charge on any atom is 0.257 e. The number of likely N-dealkylation sites (tertiary alicyclic amines) is 1. The first-order valence-corrected chi connectivity index (χ1v) is 7.72. The molecule has 1 aliphatic heterocycles. The zero-order valence-electron chi connectivity index (χ0n) is 10.7. The van der Waals surface area contributed by atoms with E-state index in [0.717, 1.165) is 23.9 Å². The monoisotopic (exact) mass is 325 g/mol. The highest BCUT2D eigenvalue weighted by atomic mass is 79.9. The van der Waals surface area contributed by atoms with E-state index in [-0.39, 0.29) is 11.5 Å². The number of halogens is 2. The van der Waals surface area contributed by atoms with Crippen LogP contribution >= 0.6 is 15.9 Å². The fraction of sp³-hybridized carbons (Fsp3) is 0.533. The summed E-state index contributed by atoms with van der Waals surface area (Å²) in [4.78, 5) is 14.4. The van der Waals surface area contributed by atoms with Gasteiger partial charge in [-0.2, -0.15) is 0 Å². The normalized spacial score (nSPS) is 26.3. The Bertz CT molecular complexity index is 505. The van der Waals surface area contributed by atoms with Crippen LogP contribution in [-0.2, 0) is 0 Å². The molecule has 1 amide bonds. The van der Waals surface area contributed by atoms with Crippen LogP contribution in [-0.4, -0.2) is 23.4 Å². The highest BCUT2D eigenvalue weighted by molar-refractivity contribution is 9.10. The van der Waals surface area contributed by atoms with Crippen molar-refractivity contribution in [3.63, 3.8) is 0 Å². The van der Waals surface area contributed by atoms with Gasteiger partial charge >= 0.3 is 0 Å². The smallest absolute Gasteiger partial charge is 0.257 e. The standard InChI is InChI=1S/C15H17BrFNO/c16-11-5-6-13(17)12(9-11)15(19)18-8-7-10-3-1-2-4-14(10)18/h5-6,9-10,14H,1-4,7-8H2. The van der Waals surface area contributed by atoms with Crippen molar-refractivity contribution in [1.29, 1.82) is 0 Å². The molecule has 1 aliphatic carbocycles. The summed E-state index contributed by atoms with van der Waals surface area (Å²) >= 11 is 3.30. The van der Waals surface area contributed by atoms with E-state index in [2.05, 4.69) is 15.9 Å². The van der Waals surface area contributed by atoms with Crippen molar-refractivity contribution in [2.75, 3.05) is 6.54 Å². The van der Waals surface area contributed by atoms with Gasteiger partial charge in [0.15, 0.2) is 0 Å². The Morgan fingerprint density at radius 2 is 2.05 bits per heavy atom. The minimum atomic E-state index is -0.424. The number of fused-ring (bicyclic) bond motifs is 1. The quantitative estimate of drug-likeness (QED) is 0.764.